The fraction of sp³-hybridized carbons (Fsp3) is 0.588. The summed E-state index contributed by atoms with van der Waals surface area (Å²) in [5.74, 6) is 2.02. The first-order valence-corrected chi connectivity index (χ1v) is 8.68. The van der Waals surface area contributed by atoms with Crippen LogP contribution in [-0.2, 0) is 17.9 Å². The van der Waals surface area contributed by atoms with Crippen LogP contribution in [-0.4, -0.2) is 46.1 Å². The van der Waals surface area contributed by atoms with Crippen LogP contribution in [0, 0.1) is 6.92 Å². The molecule has 2 aromatic heterocycles. The summed E-state index contributed by atoms with van der Waals surface area (Å²) in [6.45, 7) is 6.63. The van der Waals surface area contributed by atoms with Gasteiger partial charge in [-0.05, 0) is 38.4 Å². The zero-order valence-electron chi connectivity index (χ0n) is 14.7. The quantitative estimate of drug-likeness (QED) is 0.777. The molecule has 0 spiro atoms. The third kappa shape index (κ3) is 5.14. The van der Waals surface area contributed by atoms with Crippen LogP contribution in [0.25, 0.3) is 0 Å². The monoisotopic (exact) mass is 347 g/mol. The highest BCUT2D eigenvalue weighted by Crippen LogP contribution is 2.13. The predicted molar refractivity (Wildman–Crippen MR) is 90.5 cm³/mol. The lowest BCUT2D eigenvalue weighted by Gasteiger charge is -2.33. The Labute approximate surface area is 146 Å². The minimum Gasteiger partial charge on any atom is -0.467 e. The lowest BCUT2D eigenvalue weighted by atomic mass is 10.0. The fourth-order valence-electron chi connectivity index (χ4n) is 3.11. The summed E-state index contributed by atoms with van der Waals surface area (Å²) in [4.78, 5) is 18.8. The molecule has 0 aliphatic carbocycles. The number of carbonyl (C=O) groups excluding carboxylic acids is 1. The molecule has 0 radical (unpaired) electrons. The number of aryl methyl sites for hydroxylation is 1. The molecule has 1 fully saturated rings. The molecule has 136 valence electrons. The summed E-state index contributed by atoms with van der Waals surface area (Å²) < 4.78 is 10.2. The van der Waals surface area contributed by atoms with Crippen LogP contribution in [0.2, 0.25) is 0 Å². The van der Waals surface area contributed by atoms with Crippen molar-refractivity contribution in [1.29, 1.82) is 0 Å². The van der Waals surface area contributed by atoms with Crippen LogP contribution in [0.4, 0.5) is 0 Å². The Morgan fingerprint density at radius 3 is 3.12 bits per heavy atom. The highest BCUT2D eigenvalue weighted by Gasteiger charge is 2.24. The van der Waals surface area contributed by atoms with E-state index in [0.29, 0.717) is 24.8 Å². The first kappa shape index (κ1) is 17.6. The van der Waals surface area contributed by atoms with E-state index in [1.165, 1.54) is 0 Å². The van der Waals surface area contributed by atoms with E-state index in [-0.39, 0.29) is 18.0 Å². The largest absolute Gasteiger partial charge is 0.467 e. The summed E-state index contributed by atoms with van der Waals surface area (Å²) in [6.07, 6.45) is 3.73. The van der Waals surface area contributed by atoms with Crippen molar-refractivity contribution in [2.75, 3.05) is 13.1 Å². The number of carbonyl (C=O) groups is 1. The molecule has 8 heteroatoms. The smallest absolute Gasteiger partial charge is 0.237 e. The molecule has 3 rings (SSSR count). The van der Waals surface area contributed by atoms with Gasteiger partial charge in [0, 0.05) is 19.5 Å². The van der Waals surface area contributed by atoms with E-state index in [9.17, 15) is 4.79 Å². The van der Waals surface area contributed by atoms with Crippen molar-refractivity contribution in [2.45, 2.75) is 51.9 Å². The van der Waals surface area contributed by atoms with Gasteiger partial charge in [0.25, 0.3) is 0 Å². The van der Waals surface area contributed by atoms with E-state index in [1.54, 1.807) is 13.2 Å². The maximum atomic E-state index is 12.2. The standard InChI is InChI=1S/C17H25N5O3/c1-12(17(23)18-9-15-6-4-8-24-15)19-14-5-3-7-22(10-14)11-16-20-13(2)25-21-16/h4,6,8,12,14,19H,3,5,7,9-11H2,1-2H3,(H,18,23)/t12-,14-/m0/s1. The summed E-state index contributed by atoms with van der Waals surface area (Å²) in [7, 11) is 0. The lowest BCUT2D eigenvalue weighted by Crippen LogP contribution is -2.52. The molecule has 3 heterocycles. The molecular weight excluding hydrogens is 322 g/mol. The van der Waals surface area contributed by atoms with Crippen molar-refractivity contribution in [1.82, 2.24) is 25.7 Å². The molecule has 1 saturated heterocycles. The van der Waals surface area contributed by atoms with Gasteiger partial charge in [0.15, 0.2) is 5.82 Å². The number of hydrogen-bond donors (Lipinski definition) is 2. The first-order valence-electron chi connectivity index (χ1n) is 8.68. The van der Waals surface area contributed by atoms with Gasteiger partial charge in [-0.25, -0.2) is 0 Å². The average molecular weight is 347 g/mol. The van der Waals surface area contributed by atoms with Crippen molar-refractivity contribution >= 4 is 5.91 Å². The van der Waals surface area contributed by atoms with Crippen molar-refractivity contribution in [3.8, 4) is 0 Å². The first-order chi connectivity index (χ1) is 12.1. The highest BCUT2D eigenvalue weighted by molar-refractivity contribution is 5.81. The predicted octanol–water partition coefficient (Wildman–Crippen LogP) is 1.23. The number of hydrogen-bond acceptors (Lipinski definition) is 7. The second-order valence-electron chi connectivity index (χ2n) is 6.49. The fourth-order valence-corrected chi connectivity index (χ4v) is 3.11. The van der Waals surface area contributed by atoms with Crippen molar-refractivity contribution < 1.29 is 13.7 Å². The van der Waals surface area contributed by atoms with E-state index < -0.39 is 0 Å². The zero-order valence-corrected chi connectivity index (χ0v) is 14.7. The topological polar surface area (TPSA) is 96.4 Å². The van der Waals surface area contributed by atoms with Gasteiger partial charge in [-0.3, -0.25) is 9.69 Å². The third-order valence-electron chi connectivity index (χ3n) is 4.34. The molecule has 0 aromatic carbocycles. The van der Waals surface area contributed by atoms with Gasteiger partial charge in [-0.1, -0.05) is 5.16 Å². The molecule has 8 nitrogen and oxygen atoms in total. The summed E-state index contributed by atoms with van der Waals surface area (Å²) in [6, 6.07) is 3.67. The average Bonchev–Trinajstić information content (AvgIpc) is 3.24. The molecule has 1 aliphatic heterocycles. The molecule has 0 bridgehead atoms. The minimum absolute atomic E-state index is 0.0256. The third-order valence-corrected chi connectivity index (χ3v) is 4.34. The summed E-state index contributed by atoms with van der Waals surface area (Å²) >= 11 is 0. The minimum atomic E-state index is -0.257. The van der Waals surface area contributed by atoms with Crippen LogP contribution in [0.5, 0.6) is 0 Å². The Morgan fingerprint density at radius 1 is 1.52 bits per heavy atom. The van der Waals surface area contributed by atoms with Gasteiger partial charge >= 0.3 is 0 Å². The maximum absolute atomic E-state index is 12.2. The number of nitrogens with zero attached hydrogens (tertiary/aromatic N) is 3. The number of aromatic nitrogens is 2. The van der Waals surface area contributed by atoms with Crippen LogP contribution in [0.3, 0.4) is 0 Å². The summed E-state index contributed by atoms with van der Waals surface area (Å²) in [5.41, 5.74) is 0. The molecule has 0 unspecified atom stereocenters. The molecule has 2 N–H and O–H groups in total. The number of piperidine rings is 1. The molecule has 2 atom stereocenters. The zero-order chi connectivity index (χ0) is 17.6. The van der Waals surface area contributed by atoms with Crippen LogP contribution in [0.1, 0.15) is 37.2 Å². The van der Waals surface area contributed by atoms with E-state index in [1.807, 2.05) is 19.1 Å². The molecule has 0 saturated carbocycles. The Bertz CT molecular complexity index is 670. The van der Waals surface area contributed by atoms with Gasteiger partial charge in [0.1, 0.15) is 5.76 Å². The number of furan rings is 1. The second-order valence-corrected chi connectivity index (χ2v) is 6.49. The molecule has 1 aliphatic rings. The van der Waals surface area contributed by atoms with Crippen LogP contribution < -0.4 is 10.6 Å². The molecular formula is C17H25N5O3. The number of likely N-dealkylation sites (tertiary alicyclic amines) is 1. The number of amides is 1. The molecule has 1 amide bonds. The van der Waals surface area contributed by atoms with Gasteiger partial charge < -0.3 is 19.6 Å². The Balaban J connectivity index is 1.43. The Morgan fingerprint density at radius 2 is 2.40 bits per heavy atom. The lowest BCUT2D eigenvalue weighted by molar-refractivity contribution is -0.123. The van der Waals surface area contributed by atoms with Crippen molar-refractivity contribution in [2.24, 2.45) is 0 Å². The van der Waals surface area contributed by atoms with Gasteiger partial charge in [0.05, 0.1) is 25.4 Å². The van der Waals surface area contributed by atoms with Gasteiger partial charge in [0.2, 0.25) is 11.8 Å². The van der Waals surface area contributed by atoms with Gasteiger partial charge in [-0.2, -0.15) is 4.98 Å². The highest BCUT2D eigenvalue weighted by atomic mass is 16.5. The van der Waals surface area contributed by atoms with Crippen molar-refractivity contribution in [3.05, 3.63) is 35.9 Å². The van der Waals surface area contributed by atoms with E-state index in [2.05, 4.69) is 25.7 Å². The summed E-state index contributed by atoms with van der Waals surface area (Å²) in [5, 5.41) is 10.3. The number of nitrogens with one attached hydrogen (secondary N) is 2. The Kier molecular flexibility index (Phi) is 5.83. The van der Waals surface area contributed by atoms with Crippen LogP contribution >= 0.6 is 0 Å². The number of rotatable bonds is 7. The normalized spacial score (nSPS) is 19.7. The van der Waals surface area contributed by atoms with Crippen molar-refractivity contribution in [3.63, 3.8) is 0 Å². The van der Waals surface area contributed by atoms with E-state index in [4.69, 9.17) is 8.94 Å². The van der Waals surface area contributed by atoms with Crippen LogP contribution in [0.15, 0.2) is 27.3 Å². The maximum Gasteiger partial charge on any atom is 0.237 e. The molecule has 2 aromatic rings. The van der Waals surface area contributed by atoms with Gasteiger partial charge in [-0.15, -0.1) is 0 Å². The second kappa shape index (κ2) is 8.26. The van der Waals surface area contributed by atoms with E-state index in [0.717, 1.165) is 31.7 Å². The molecule has 25 heavy (non-hydrogen) atoms. The SMILES string of the molecule is Cc1nc(CN2CCC[C@H](N[C@@H](C)C(=O)NCc3ccco3)C2)no1. The van der Waals surface area contributed by atoms with E-state index >= 15 is 0 Å². The Hall–Kier alpha value is -2.19.